The highest BCUT2D eigenvalue weighted by atomic mass is 16.4. The standard InChI is InChI=1S/C13H19N3O3/c1-9(3-2-4-13(18)19)16-12(17)7-11-6-5-10(14)8-15-11/h5-6,8-9H,2-4,7,14H2,1H3,(H,16,17)(H,18,19). The van der Waals surface area contributed by atoms with E-state index in [9.17, 15) is 9.59 Å². The normalized spacial score (nSPS) is 11.8. The zero-order valence-corrected chi connectivity index (χ0v) is 10.9. The first-order valence-electron chi connectivity index (χ1n) is 6.19. The van der Waals surface area contributed by atoms with E-state index in [1.54, 1.807) is 12.1 Å². The molecule has 19 heavy (non-hydrogen) atoms. The number of amides is 1. The van der Waals surface area contributed by atoms with Crippen LogP contribution >= 0.6 is 0 Å². The number of rotatable bonds is 7. The number of aromatic nitrogens is 1. The topological polar surface area (TPSA) is 105 Å². The van der Waals surface area contributed by atoms with Crippen molar-refractivity contribution in [3.8, 4) is 0 Å². The lowest BCUT2D eigenvalue weighted by Gasteiger charge is -2.13. The molecular formula is C13H19N3O3. The van der Waals surface area contributed by atoms with Crippen LogP contribution in [0.3, 0.4) is 0 Å². The number of carbonyl (C=O) groups is 2. The predicted molar refractivity (Wildman–Crippen MR) is 71.4 cm³/mol. The summed E-state index contributed by atoms with van der Waals surface area (Å²) in [5.41, 5.74) is 6.72. The van der Waals surface area contributed by atoms with E-state index in [4.69, 9.17) is 10.8 Å². The van der Waals surface area contributed by atoms with Gasteiger partial charge in [0.15, 0.2) is 0 Å². The molecule has 104 valence electrons. The van der Waals surface area contributed by atoms with Crippen LogP contribution in [0.1, 0.15) is 31.9 Å². The van der Waals surface area contributed by atoms with Crippen molar-refractivity contribution in [2.24, 2.45) is 0 Å². The van der Waals surface area contributed by atoms with Gasteiger partial charge in [-0.3, -0.25) is 14.6 Å². The fourth-order valence-electron chi connectivity index (χ4n) is 1.66. The molecule has 0 aliphatic heterocycles. The lowest BCUT2D eigenvalue weighted by molar-refractivity contribution is -0.137. The molecule has 0 saturated heterocycles. The van der Waals surface area contributed by atoms with Gasteiger partial charge < -0.3 is 16.2 Å². The Morgan fingerprint density at radius 3 is 2.79 bits per heavy atom. The van der Waals surface area contributed by atoms with E-state index >= 15 is 0 Å². The SMILES string of the molecule is CC(CCCC(=O)O)NC(=O)Cc1ccc(N)cn1. The minimum Gasteiger partial charge on any atom is -0.481 e. The predicted octanol–water partition coefficient (Wildman–Crippen LogP) is 0.966. The Hall–Kier alpha value is -2.11. The molecule has 1 aromatic rings. The van der Waals surface area contributed by atoms with Crippen molar-refractivity contribution >= 4 is 17.6 Å². The number of nitrogens with zero attached hydrogens (tertiary/aromatic N) is 1. The molecule has 0 fully saturated rings. The van der Waals surface area contributed by atoms with Gasteiger partial charge in [-0.25, -0.2) is 0 Å². The van der Waals surface area contributed by atoms with Crippen molar-refractivity contribution in [1.29, 1.82) is 0 Å². The number of carboxylic acid groups (broad SMARTS) is 1. The molecule has 0 radical (unpaired) electrons. The Balaban J connectivity index is 2.30. The summed E-state index contributed by atoms with van der Waals surface area (Å²) >= 11 is 0. The van der Waals surface area contributed by atoms with Crippen molar-refractivity contribution in [3.63, 3.8) is 0 Å². The van der Waals surface area contributed by atoms with Crippen LogP contribution in [0.25, 0.3) is 0 Å². The lowest BCUT2D eigenvalue weighted by Crippen LogP contribution is -2.33. The summed E-state index contributed by atoms with van der Waals surface area (Å²) in [6.45, 7) is 1.86. The number of nitrogens with one attached hydrogen (secondary N) is 1. The fourth-order valence-corrected chi connectivity index (χ4v) is 1.66. The van der Waals surface area contributed by atoms with Gasteiger partial charge in [0.25, 0.3) is 0 Å². The van der Waals surface area contributed by atoms with Crippen LogP contribution in [0, 0.1) is 0 Å². The summed E-state index contributed by atoms with van der Waals surface area (Å²) in [4.78, 5) is 26.1. The number of hydrogen-bond donors (Lipinski definition) is 3. The van der Waals surface area contributed by atoms with Crippen molar-refractivity contribution < 1.29 is 14.7 Å². The molecule has 6 nitrogen and oxygen atoms in total. The van der Waals surface area contributed by atoms with Gasteiger partial charge in [0.1, 0.15) is 0 Å². The molecule has 1 heterocycles. The van der Waals surface area contributed by atoms with Crippen LogP contribution in [0.15, 0.2) is 18.3 Å². The molecule has 0 saturated carbocycles. The van der Waals surface area contributed by atoms with Crippen molar-refractivity contribution in [2.75, 3.05) is 5.73 Å². The zero-order chi connectivity index (χ0) is 14.3. The van der Waals surface area contributed by atoms with Crippen molar-refractivity contribution in [3.05, 3.63) is 24.0 Å². The maximum Gasteiger partial charge on any atom is 0.303 e. The molecule has 0 aliphatic rings. The number of hydrogen-bond acceptors (Lipinski definition) is 4. The molecule has 0 bridgehead atoms. The number of nitrogen functional groups attached to an aromatic ring is 1. The largest absolute Gasteiger partial charge is 0.481 e. The summed E-state index contributed by atoms with van der Waals surface area (Å²) in [5, 5.41) is 11.3. The Bertz CT molecular complexity index is 431. The van der Waals surface area contributed by atoms with Crippen LogP contribution in [-0.2, 0) is 16.0 Å². The van der Waals surface area contributed by atoms with E-state index in [-0.39, 0.29) is 24.8 Å². The summed E-state index contributed by atoms with van der Waals surface area (Å²) in [5.74, 6) is -0.940. The molecular weight excluding hydrogens is 246 g/mol. The van der Waals surface area contributed by atoms with Gasteiger partial charge in [0.05, 0.1) is 18.3 Å². The molecule has 1 atom stereocenters. The minimum atomic E-state index is -0.815. The molecule has 4 N–H and O–H groups in total. The first kappa shape index (κ1) is 14.9. The molecule has 6 heteroatoms. The molecule has 1 unspecified atom stereocenters. The average Bonchev–Trinajstić information content (AvgIpc) is 2.31. The van der Waals surface area contributed by atoms with Gasteiger partial charge in [-0.1, -0.05) is 0 Å². The number of anilines is 1. The number of aliphatic carboxylic acids is 1. The summed E-state index contributed by atoms with van der Waals surface area (Å²) in [7, 11) is 0. The second kappa shape index (κ2) is 7.35. The Labute approximate surface area is 112 Å². The summed E-state index contributed by atoms with van der Waals surface area (Å²) in [6.07, 6.45) is 3.03. The van der Waals surface area contributed by atoms with Crippen LogP contribution < -0.4 is 11.1 Å². The third kappa shape index (κ3) is 6.40. The third-order valence-electron chi connectivity index (χ3n) is 2.62. The Morgan fingerprint density at radius 1 is 1.47 bits per heavy atom. The van der Waals surface area contributed by atoms with Crippen LogP contribution in [0.4, 0.5) is 5.69 Å². The number of carboxylic acids is 1. The van der Waals surface area contributed by atoms with Crippen LogP contribution in [-0.4, -0.2) is 28.0 Å². The van der Waals surface area contributed by atoms with Gasteiger partial charge in [-0.2, -0.15) is 0 Å². The number of nitrogens with two attached hydrogens (primary N) is 1. The van der Waals surface area contributed by atoms with Gasteiger partial charge in [0, 0.05) is 18.2 Å². The van der Waals surface area contributed by atoms with E-state index < -0.39 is 5.97 Å². The summed E-state index contributed by atoms with van der Waals surface area (Å²) in [6, 6.07) is 3.37. The molecule has 0 spiro atoms. The second-order valence-corrected chi connectivity index (χ2v) is 4.51. The lowest BCUT2D eigenvalue weighted by atomic mass is 10.1. The highest BCUT2D eigenvalue weighted by molar-refractivity contribution is 5.78. The van der Waals surface area contributed by atoms with E-state index in [0.29, 0.717) is 24.2 Å². The van der Waals surface area contributed by atoms with E-state index in [1.807, 2.05) is 6.92 Å². The van der Waals surface area contributed by atoms with Crippen LogP contribution in [0.2, 0.25) is 0 Å². The second-order valence-electron chi connectivity index (χ2n) is 4.51. The highest BCUT2D eigenvalue weighted by Gasteiger charge is 2.09. The quantitative estimate of drug-likeness (QED) is 0.681. The van der Waals surface area contributed by atoms with Crippen molar-refractivity contribution in [2.45, 2.75) is 38.6 Å². The van der Waals surface area contributed by atoms with Gasteiger partial charge in [0.2, 0.25) is 5.91 Å². The monoisotopic (exact) mass is 265 g/mol. The van der Waals surface area contributed by atoms with E-state index in [1.165, 1.54) is 6.20 Å². The van der Waals surface area contributed by atoms with E-state index in [0.717, 1.165) is 0 Å². The average molecular weight is 265 g/mol. The number of pyridine rings is 1. The Kier molecular flexibility index (Phi) is 5.78. The fraction of sp³-hybridized carbons (Fsp3) is 0.462. The van der Waals surface area contributed by atoms with Crippen molar-refractivity contribution in [1.82, 2.24) is 10.3 Å². The van der Waals surface area contributed by atoms with Crippen LogP contribution in [0.5, 0.6) is 0 Å². The third-order valence-corrected chi connectivity index (χ3v) is 2.62. The first-order chi connectivity index (χ1) is 8.97. The highest BCUT2D eigenvalue weighted by Crippen LogP contribution is 2.03. The molecule has 1 aromatic heterocycles. The van der Waals surface area contributed by atoms with Gasteiger partial charge in [-0.05, 0) is 31.9 Å². The molecule has 1 amide bonds. The first-order valence-corrected chi connectivity index (χ1v) is 6.19. The van der Waals surface area contributed by atoms with Gasteiger partial charge >= 0.3 is 5.97 Å². The maximum absolute atomic E-state index is 11.7. The summed E-state index contributed by atoms with van der Waals surface area (Å²) < 4.78 is 0. The van der Waals surface area contributed by atoms with E-state index in [2.05, 4.69) is 10.3 Å². The molecule has 1 rings (SSSR count). The maximum atomic E-state index is 11.7. The molecule has 0 aliphatic carbocycles. The zero-order valence-electron chi connectivity index (χ0n) is 10.9. The number of carbonyl (C=O) groups excluding carboxylic acids is 1. The van der Waals surface area contributed by atoms with Gasteiger partial charge in [-0.15, -0.1) is 0 Å². The smallest absolute Gasteiger partial charge is 0.303 e. The minimum absolute atomic E-state index is 0.0411. The molecule has 0 aromatic carbocycles. The Morgan fingerprint density at radius 2 is 2.21 bits per heavy atom.